The first-order valence-electron chi connectivity index (χ1n) is 18.1. The van der Waals surface area contributed by atoms with Gasteiger partial charge in [0.2, 0.25) is 0 Å². The lowest BCUT2D eigenvalue weighted by Gasteiger charge is -2.38. The van der Waals surface area contributed by atoms with E-state index in [4.69, 9.17) is 46.4 Å². The molecule has 44 heavy (non-hydrogen) atoms. The van der Waals surface area contributed by atoms with Crippen LogP contribution < -0.4 is 42.5 Å². The first kappa shape index (κ1) is 30.9. The molecular weight excluding hydrogens is 638 g/mol. The van der Waals surface area contributed by atoms with Crippen LogP contribution >= 0.6 is 46.4 Å². The first-order chi connectivity index (χ1) is 21.4. The summed E-state index contributed by atoms with van der Waals surface area (Å²) in [6.07, 6.45) is 15.3. The van der Waals surface area contributed by atoms with E-state index in [-0.39, 0.29) is 70.8 Å². The molecule has 20 atom stereocenters. The minimum atomic E-state index is 0.133. The van der Waals surface area contributed by atoms with Gasteiger partial charge in [-0.1, -0.05) is 25.7 Å². The van der Waals surface area contributed by atoms with Crippen molar-refractivity contribution in [3.8, 4) is 0 Å². The van der Waals surface area contributed by atoms with Crippen LogP contribution in [0.5, 0.6) is 0 Å². The molecule has 0 aromatic heterocycles. The molecule has 8 nitrogen and oxygen atoms in total. The normalized spacial score (nSPS) is 60.3. The molecule has 8 N–H and O–H groups in total. The second-order valence-corrected chi connectivity index (χ2v) is 18.1. The summed E-state index contributed by atoms with van der Waals surface area (Å²) in [6, 6.07) is 0. The summed E-state index contributed by atoms with van der Waals surface area (Å²) in [5, 5.41) is 33.5. The number of alkyl halides is 4. The highest BCUT2D eigenvalue weighted by atomic mass is 35.5. The van der Waals surface area contributed by atoms with Gasteiger partial charge in [0, 0.05) is 45.2 Å². The Balaban J connectivity index is 1.08. The summed E-state index contributed by atoms with van der Waals surface area (Å²) < 4.78 is 0. The number of rotatable bonds is 0. The lowest BCUT2D eigenvalue weighted by molar-refractivity contribution is 0.172. The van der Waals surface area contributed by atoms with Crippen molar-refractivity contribution in [2.24, 2.45) is 47.3 Å². The first-order valence-corrected chi connectivity index (χ1v) is 19.8. The zero-order valence-corrected chi connectivity index (χ0v) is 28.6. The maximum absolute atomic E-state index is 7.20. The maximum atomic E-state index is 7.20. The highest BCUT2D eigenvalue weighted by molar-refractivity contribution is 6.21. The predicted molar refractivity (Wildman–Crippen MR) is 177 cm³/mol. The van der Waals surface area contributed by atoms with Crippen LogP contribution in [0.3, 0.4) is 0 Å². The lowest BCUT2D eigenvalue weighted by atomic mass is 9.76. The highest BCUT2D eigenvalue weighted by Crippen LogP contribution is 2.48. The average molecular weight is 691 g/mol. The van der Waals surface area contributed by atoms with Crippen molar-refractivity contribution in [1.82, 2.24) is 42.5 Å². The summed E-state index contributed by atoms with van der Waals surface area (Å²) in [5.74, 6) is 3.47. The highest BCUT2D eigenvalue weighted by Gasteiger charge is 2.57. The minimum Gasteiger partial charge on any atom is -0.286 e. The van der Waals surface area contributed by atoms with Gasteiger partial charge < -0.3 is 0 Å². The summed E-state index contributed by atoms with van der Waals surface area (Å²) in [5.41, 5.74) is 0. The van der Waals surface area contributed by atoms with Gasteiger partial charge in [-0.05, 0) is 75.0 Å². The van der Waals surface area contributed by atoms with Gasteiger partial charge in [-0.15, -0.1) is 46.4 Å². The molecule has 20 unspecified atom stereocenters. The Hall–Kier alpha value is 0.840. The van der Waals surface area contributed by atoms with Gasteiger partial charge >= 0.3 is 0 Å². The summed E-state index contributed by atoms with van der Waals surface area (Å²) in [6.45, 7) is 0. The average Bonchev–Trinajstić information content (AvgIpc) is 3.74. The van der Waals surface area contributed by atoms with Crippen molar-refractivity contribution in [3.05, 3.63) is 0 Å². The molecule has 0 amide bonds. The van der Waals surface area contributed by atoms with Gasteiger partial charge in [0.15, 0.2) is 0 Å². The third-order valence-corrected chi connectivity index (χ3v) is 15.9. The summed E-state index contributed by atoms with van der Waals surface area (Å²) in [4.78, 5) is 0. The van der Waals surface area contributed by atoms with Crippen LogP contribution in [0.1, 0.15) is 77.0 Å². The van der Waals surface area contributed by atoms with Crippen molar-refractivity contribution in [3.63, 3.8) is 0 Å². The molecule has 4 saturated carbocycles. The quantitative estimate of drug-likeness (QED) is 0.184. The zero-order chi connectivity index (χ0) is 29.7. The van der Waals surface area contributed by atoms with E-state index in [0.29, 0.717) is 47.3 Å². The number of nitrogens with one attached hydrogen (secondary N) is 8. The Morgan fingerprint density at radius 2 is 0.477 bits per heavy atom. The molecule has 248 valence electrons. The molecular formula is C32H52Cl4N8. The van der Waals surface area contributed by atoms with E-state index in [2.05, 4.69) is 42.5 Å². The standard InChI is InChI=1S/C32H52Cl4N8/c33-17-9-1-5-13-21(17)29-38-25(13)37-26-14-6-2-11-19(35)23(14)31(39-26)44-32-24-16(8-4-12-20(24)36)28(43-32)42-30-22-15(27(40-29)41-30)7-3-10-18(22)34/h13-32,37-44H,1-12H2. The molecule has 0 spiro atoms. The summed E-state index contributed by atoms with van der Waals surface area (Å²) in [7, 11) is 0. The predicted octanol–water partition coefficient (Wildman–Crippen LogP) is 3.47. The third-order valence-electron chi connectivity index (χ3n) is 13.8. The molecule has 5 saturated heterocycles. The van der Waals surface area contributed by atoms with E-state index in [0.717, 1.165) is 25.7 Å². The van der Waals surface area contributed by atoms with Crippen molar-refractivity contribution >= 4 is 46.4 Å². The molecule has 9 rings (SSSR count). The fourth-order valence-electron chi connectivity index (χ4n) is 12.0. The second kappa shape index (κ2) is 12.3. The zero-order valence-electron chi connectivity index (χ0n) is 25.5. The number of hydrogen-bond acceptors (Lipinski definition) is 8. The molecule has 0 aromatic carbocycles. The molecule has 4 aliphatic carbocycles. The molecule has 9 aliphatic rings. The van der Waals surface area contributed by atoms with E-state index < -0.39 is 0 Å². The fraction of sp³-hybridized carbons (Fsp3) is 1.00. The summed E-state index contributed by atoms with van der Waals surface area (Å²) >= 11 is 28.8. The van der Waals surface area contributed by atoms with Crippen LogP contribution in [0, 0.1) is 47.3 Å². The van der Waals surface area contributed by atoms with E-state index in [9.17, 15) is 0 Å². The Morgan fingerprint density at radius 3 is 0.727 bits per heavy atom. The van der Waals surface area contributed by atoms with Crippen molar-refractivity contribution in [2.45, 2.75) is 148 Å². The number of halogens is 4. The third kappa shape index (κ3) is 5.14. The van der Waals surface area contributed by atoms with Gasteiger partial charge in [-0.25, -0.2) is 0 Å². The van der Waals surface area contributed by atoms with E-state index in [1.165, 1.54) is 51.4 Å². The van der Waals surface area contributed by atoms with Gasteiger partial charge in [-0.3, -0.25) is 42.5 Å². The van der Waals surface area contributed by atoms with E-state index >= 15 is 0 Å². The Bertz CT molecular complexity index is 1060. The van der Waals surface area contributed by atoms with Crippen LogP contribution in [-0.2, 0) is 0 Å². The SMILES string of the molecule is ClC1CCCC2C3NC4NC(NC5NC(NC6NC(NC(N3)C12)C1CCCC(Cl)C61)C1CCCC(Cl)C51)C1C(Cl)CCCC41. The van der Waals surface area contributed by atoms with Crippen molar-refractivity contribution < 1.29 is 0 Å². The molecule has 0 radical (unpaired) electrons. The molecule has 5 heterocycles. The maximum Gasteiger partial charge on any atom is 0.0642 e. The number of fused-ring (bicyclic) bond motifs is 20. The van der Waals surface area contributed by atoms with Crippen LogP contribution in [0.4, 0.5) is 0 Å². The van der Waals surface area contributed by atoms with E-state index in [1.54, 1.807) is 0 Å². The molecule has 5 aliphatic heterocycles. The van der Waals surface area contributed by atoms with Crippen LogP contribution in [0.15, 0.2) is 0 Å². The smallest absolute Gasteiger partial charge is 0.0642 e. The molecule has 8 bridgehead atoms. The Morgan fingerprint density at radius 1 is 0.273 bits per heavy atom. The molecule has 9 fully saturated rings. The van der Waals surface area contributed by atoms with Crippen LogP contribution in [-0.4, -0.2) is 70.8 Å². The Kier molecular flexibility index (Phi) is 8.64. The minimum absolute atomic E-state index is 0.133. The van der Waals surface area contributed by atoms with Crippen LogP contribution in [0.2, 0.25) is 0 Å². The number of hydrogen-bond donors (Lipinski definition) is 8. The molecule has 12 heteroatoms. The van der Waals surface area contributed by atoms with Crippen molar-refractivity contribution in [2.75, 3.05) is 0 Å². The lowest BCUT2D eigenvalue weighted by Crippen LogP contribution is -2.62. The Labute approximate surface area is 283 Å². The van der Waals surface area contributed by atoms with Gasteiger partial charge in [0.25, 0.3) is 0 Å². The van der Waals surface area contributed by atoms with Gasteiger partial charge in [-0.2, -0.15) is 0 Å². The van der Waals surface area contributed by atoms with Crippen molar-refractivity contribution in [1.29, 1.82) is 0 Å². The van der Waals surface area contributed by atoms with Gasteiger partial charge in [0.1, 0.15) is 0 Å². The topological polar surface area (TPSA) is 96.2 Å². The fourth-order valence-corrected chi connectivity index (χ4v) is 13.9. The van der Waals surface area contributed by atoms with Crippen LogP contribution in [0.25, 0.3) is 0 Å². The monoisotopic (exact) mass is 688 g/mol. The van der Waals surface area contributed by atoms with E-state index in [1.807, 2.05) is 0 Å². The largest absolute Gasteiger partial charge is 0.286 e. The van der Waals surface area contributed by atoms with Gasteiger partial charge in [0.05, 0.1) is 49.3 Å². The second-order valence-electron chi connectivity index (χ2n) is 15.9. The molecule has 0 aromatic rings.